The van der Waals surface area contributed by atoms with Crippen molar-refractivity contribution in [3.8, 4) is 67.7 Å². The summed E-state index contributed by atoms with van der Waals surface area (Å²) in [5.41, 5.74) is 14.4. The van der Waals surface area contributed by atoms with Crippen molar-refractivity contribution in [1.82, 2.24) is 19.9 Å². The van der Waals surface area contributed by atoms with Crippen molar-refractivity contribution in [2.75, 3.05) is 0 Å². The van der Waals surface area contributed by atoms with Crippen LogP contribution in [0.2, 0.25) is 0 Å². The van der Waals surface area contributed by atoms with Crippen molar-refractivity contribution < 1.29 is 8.83 Å². The molecule has 0 atom stereocenters. The molecule has 0 aliphatic rings. The second-order valence-corrected chi connectivity index (χ2v) is 14.4. The highest BCUT2D eigenvalue weighted by Crippen LogP contribution is 2.43. The molecule has 4 heterocycles. The molecule has 0 saturated heterocycles. The monoisotopic (exact) mass is 746 g/mol. The Morgan fingerprint density at radius 1 is 0.397 bits per heavy atom. The standard InChI is InChI=1S/C52H34N4O2/c1-2-38-46(33-18-8-4-9-19-33)53-51(34-20-10-5-11-21-34)55-48(38)40-25-15-27-44-45(40)41-31-36(28-29-43(41)57-44)47-50-49(39-24-12-13-26-42(39)58-50)56-52(54-47)37-23-14-22-35(30-37)32-16-6-3-7-17-32/h3-31H,2H2,1H3. The summed E-state index contributed by atoms with van der Waals surface area (Å²) in [6.07, 6.45) is 0.741. The second-order valence-electron chi connectivity index (χ2n) is 14.4. The molecule has 0 saturated carbocycles. The quantitative estimate of drug-likeness (QED) is 0.162. The maximum Gasteiger partial charge on any atom is 0.180 e. The van der Waals surface area contributed by atoms with Crippen LogP contribution in [-0.2, 0) is 6.42 Å². The largest absolute Gasteiger partial charge is 0.456 e. The van der Waals surface area contributed by atoms with Crippen molar-refractivity contribution in [3.05, 3.63) is 181 Å². The number of nitrogens with zero attached hydrogens (tertiary/aromatic N) is 4. The first-order valence-corrected chi connectivity index (χ1v) is 19.5. The molecule has 6 nitrogen and oxygen atoms in total. The van der Waals surface area contributed by atoms with E-state index >= 15 is 0 Å². The van der Waals surface area contributed by atoms with Crippen molar-refractivity contribution in [2.45, 2.75) is 13.3 Å². The summed E-state index contributed by atoms with van der Waals surface area (Å²) in [5.74, 6) is 1.30. The lowest BCUT2D eigenvalue weighted by molar-refractivity contribution is 0.666. The first-order chi connectivity index (χ1) is 28.7. The predicted molar refractivity (Wildman–Crippen MR) is 234 cm³/mol. The molecule has 58 heavy (non-hydrogen) atoms. The van der Waals surface area contributed by atoms with Gasteiger partial charge in [-0.3, -0.25) is 0 Å². The van der Waals surface area contributed by atoms with E-state index < -0.39 is 0 Å². The van der Waals surface area contributed by atoms with E-state index in [-0.39, 0.29) is 0 Å². The number of benzene rings is 7. The smallest absolute Gasteiger partial charge is 0.180 e. The van der Waals surface area contributed by atoms with E-state index in [2.05, 4.69) is 116 Å². The number of fused-ring (bicyclic) bond motifs is 6. The lowest BCUT2D eigenvalue weighted by Gasteiger charge is -2.16. The molecule has 11 aromatic rings. The number of para-hydroxylation sites is 1. The SMILES string of the molecule is CCc1c(-c2ccccc2)nc(-c2ccccc2)nc1-c1cccc2oc3ccc(-c4nc(-c5cccc(-c6ccccc6)c5)nc5c4oc4ccccc45)cc3c12. The van der Waals surface area contributed by atoms with Crippen molar-refractivity contribution in [1.29, 1.82) is 0 Å². The van der Waals surface area contributed by atoms with Gasteiger partial charge in [-0.15, -0.1) is 0 Å². The zero-order valence-corrected chi connectivity index (χ0v) is 31.6. The normalized spacial score (nSPS) is 11.6. The first-order valence-electron chi connectivity index (χ1n) is 19.5. The average Bonchev–Trinajstić information content (AvgIpc) is 3.87. The topological polar surface area (TPSA) is 77.8 Å². The Morgan fingerprint density at radius 3 is 1.79 bits per heavy atom. The van der Waals surface area contributed by atoms with Gasteiger partial charge < -0.3 is 8.83 Å². The maximum atomic E-state index is 6.59. The van der Waals surface area contributed by atoms with Crippen LogP contribution in [0.4, 0.5) is 0 Å². The molecule has 11 rings (SSSR count). The fraction of sp³-hybridized carbons (Fsp3) is 0.0385. The zero-order chi connectivity index (χ0) is 38.6. The summed E-state index contributed by atoms with van der Waals surface area (Å²) in [7, 11) is 0. The minimum atomic E-state index is 0.625. The molecule has 0 aliphatic heterocycles. The predicted octanol–water partition coefficient (Wildman–Crippen LogP) is 13.6. The lowest BCUT2D eigenvalue weighted by atomic mass is 9.94. The van der Waals surface area contributed by atoms with Crippen LogP contribution >= 0.6 is 0 Å². The Balaban J connectivity index is 1.15. The average molecular weight is 747 g/mol. The van der Waals surface area contributed by atoms with E-state index in [0.29, 0.717) is 22.9 Å². The van der Waals surface area contributed by atoms with E-state index in [4.69, 9.17) is 28.8 Å². The van der Waals surface area contributed by atoms with Gasteiger partial charge in [0.05, 0.1) is 11.4 Å². The molecule has 0 fully saturated rings. The van der Waals surface area contributed by atoms with Gasteiger partial charge in [-0.05, 0) is 60.0 Å². The van der Waals surface area contributed by atoms with Gasteiger partial charge >= 0.3 is 0 Å². The highest BCUT2D eigenvalue weighted by Gasteiger charge is 2.23. The van der Waals surface area contributed by atoms with Gasteiger partial charge in [0.1, 0.15) is 28.0 Å². The third-order valence-electron chi connectivity index (χ3n) is 10.9. The number of aromatic nitrogens is 4. The highest BCUT2D eigenvalue weighted by atomic mass is 16.3. The number of hydrogen-bond acceptors (Lipinski definition) is 6. The molecule has 0 aliphatic carbocycles. The zero-order valence-electron chi connectivity index (χ0n) is 31.6. The van der Waals surface area contributed by atoms with Gasteiger partial charge in [-0.2, -0.15) is 0 Å². The molecule has 274 valence electrons. The van der Waals surface area contributed by atoms with Gasteiger partial charge in [0.25, 0.3) is 0 Å². The molecule has 0 spiro atoms. The number of hydrogen-bond donors (Lipinski definition) is 0. The Kier molecular flexibility index (Phi) is 8.00. The van der Waals surface area contributed by atoms with Gasteiger partial charge in [-0.1, -0.05) is 140 Å². The summed E-state index contributed by atoms with van der Waals surface area (Å²) in [5, 5.41) is 2.89. The van der Waals surface area contributed by atoms with Crippen molar-refractivity contribution >= 4 is 44.0 Å². The third kappa shape index (κ3) is 5.65. The van der Waals surface area contributed by atoms with E-state index in [1.807, 2.05) is 66.7 Å². The molecule has 0 bridgehead atoms. The Morgan fingerprint density at radius 2 is 1.00 bits per heavy atom. The summed E-state index contributed by atoms with van der Waals surface area (Å²) in [4.78, 5) is 21.0. The van der Waals surface area contributed by atoms with Crippen LogP contribution in [0.1, 0.15) is 12.5 Å². The molecule has 0 N–H and O–H groups in total. The number of furan rings is 2. The van der Waals surface area contributed by atoms with Gasteiger partial charge in [-0.25, -0.2) is 19.9 Å². The van der Waals surface area contributed by atoms with Gasteiger partial charge in [0.15, 0.2) is 17.2 Å². The van der Waals surface area contributed by atoms with Crippen LogP contribution in [0.5, 0.6) is 0 Å². The Labute approximate surface area is 334 Å². The second kappa shape index (κ2) is 13.8. The molecule has 0 amide bonds. The molecule has 6 heteroatoms. The van der Waals surface area contributed by atoms with Crippen LogP contribution in [0.3, 0.4) is 0 Å². The number of rotatable bonds is 7. The summed E-state index contributed by atoms with van der Waals surface area (Å²) < 4.78 is 13.2. The van der Waals surface area contributed by atoms with Gasteiger partial charge in [0.2, 0.25) is 0 Å². The fourth-order valence-corrected chi connectivity index (χ4v) is 8.15. The Hall–Kier alpha value is -7.70. The van der Waals surface area contributed by atoms with E-state index in [1.54, 1.807) is 0 Å². The van der Waals surface area contributed by atoms with Crippen LogP contribution in [0.15, 0.2) is 185 Å². The van der Waals surface area contributed by atoms with Crippen molar-refractivity contribution in [2.24, 2.45) is 0 Å². The maximum absolute atomic E-state index is 6.59. The van der Waals surface area contributed by atoms with E-state index in [9.17, 15) is 0 Å². The van der Waals surface area contributed by atoms with E-state index in [0.717, 1.165) is 101 Å². The first kappa shape index (κ1) is 33.6. The van der Waals surface area contributed by atoms with E-state index in [1.165, 1.54) is 0 Å². The highest BCUT2D eigenvalue weighted by molar-refractivity contribution is 6.14. The minimum Gasteiger partial charge on any atom is -0.456 e. The minimum absolute atomic E-state index is 0.625. The van der Waals surface area contributed by atoms with Crippen LogP contribution in [0, 0.1) is 0 Å². The summed E-state index contributed by atoms with van der Waals surface area (Å²) in [6.45, 7) is 2.17. The van der Waals surface area contributed by atoms with Crippen molar-refractivity contribution in [3.63, 3.8) is 0 Å². The molecule has 7 aromatic carbocycles. The molecular formula is C52H34N4O2. The molecule has 0 unspecified atom stereocenters. The summed E-state index contributed by atoms with van der Waals surface area (Å²) in [6, 6.07) is 59.9. The molecule has 4 aromatic heterocycles. The molecular weight excluding hydrogens is 713 g/mol. The van der Waals surface area contributed by atoms with Crippen LogP contribution in [0.25, 0.3) is 112 Å². The van der Waals surface area contributed by atoms with Gasteiger partial charge in [0, 0.05) is 49.5 Å². The molecule has 0 radical (unpaired) electrons. The van der Waals surface area contributed by atoms with Crippen LogP contribution < -0.4 is 0 Å². The third-order valence-corrected chi connectivity index (χ3v) is 10.9. The van der Waals surface area contributed by atoms with Crippen LogP contribution in [-0.4, -0.2) is 19.9 Å². The fourth-order valence-electron chi connectivity index (χ4n) is 8.15. The lowest BCUT2D eigenvalue weighted by Crippen LogP contribution is -2.03. The summed E-state index contributed by atoms with van der Waals surface area (Å²) >= 11 is 0. The Bertz CT molecular complexity index is 3320.